The molecule has 0 aliphatic heterocycles. The maximum atomic E-state index is 11.4. The zero-order valence-electron chi connectivity index (χ0n) is 10.4. The largest absolute Gasteiger partial charge is 0.353 e. The Morgan fingerprint density at radius 1 is 1.53 bits per heavy atom. The number of carbonyl (C=O) groups is 1. The molecule has 0 aromatic heterocycles. The van der Waals surface area contributed by atoms with E-state index in [2.05, 4.69) is 31.4 Å². The summed E-state index contributed by atoms with van der Waals surface area (Å²) < 4.78 is 0. The first kappa shape index (κ1) is 12.5. The molecular weight excluding hydrogens is 188 g/mol. The van der Waals surface area contributed by atoms with Gasteiger partial charge < -0.3 is 10.6 Å². The van der Waals surface area contributed by atoms with Crippen LogP contribution in [0.15, 0.2) is 0 Å². The van der Waals surface area contributed by atoms with Crippen LogP contribution in [0.25, 0.3) is 0 Å². The highest BCUT2D eigenvalue weighted by Crippen LogP contribution is 2.50. The average molecular weight is 212 g/mol. The van der Waals surface area contributed by atoms with Gasteiger partial charge in [0.1, 0.15) is 0 Å². The van der Waals surface area contributed by atoms with Gasteiger partial charge in [-0.1, -0.05) is 20.8 Å². The fourth-order valence-electron chi connectivity index (χ4n) is 1.71. The zero-order chi connectivity index (χ0) is 11.5. The van der Waals surface area contributed by atoms with Crippen molar-refractivity contribution in [1.82, 2.24) is 10.6 Å². The summed E-state index contributed by atoms with van der Waals surface area (Å²) in [4.78, 5) is 11.4. The minimum Gasteiger partial charge on any atom is -0.353 e. The third-order valence-electron chi connectivity index (χ3n) is 3.41. The summed E-state index contributed by atoms with van der Waals surface area (Å²) in [7, 11) is 0. The summed E-state index contributed by atoms with van der Waals surface area (Å²) in [6.45, 7) is 10.1. The Labute approximate surface area is 93.0 Å². The first-order valence-corrected chi connectivity index (χ1v) is 5.95. The van der Waals surface area contributed by atoms with Gasteiger partial charge in [-0.05, 0) is 37.6 Å². The molecule has 1 rings (SSSR count). The van der Waals surface area contributed by atoms with Gasteiger partial charge in [0.2, 0.25) is 5.91 Å². The lowest BCUT2D eigenvalue weighted by molar-refractivity contribution is -0.120. The maximum Gasteiger partial charge on any atom is 0.234 e. The van der Waals surface area contributed by atoms with Gasteiger partial charge in [-0.25, -0.2) is 0 Å². The molecule has 1 amide bonds. The van der Waals surface area contributed by atoms with E-state index in [-0.39, 0.29) is 11.9 Å². The van der Waals surface area contributed by atoms with Crippen LogP contribution in [0.5, 0.6) is 0 Å². The van der Waals surface area contributed by atoms with E-state index in [0.29, 0.717) is 12.0 Å². The van der Waals surface area contributed by atoms with Crippen molar-refractivity contribution >= 4 is 5.91 Å². The molecule has 3 heteroatoms. The predicted octanol–water partition coefficient (Wildman–Crippen LogP) is 1.54. The van der Waals surface area contributed by atoms with E-state index >= 15 is 0 Å². The van der Waals surface area contributed by atoms with E-state index in [9.17, 15) is 4.79 Å². The lowest BCUT2D eigenvalue weighted by Gasteiger charge is -2.12. The van der Waals surface area contributed by atoms with E-state index in [1.54, 1.807) is 0 Å². The van der Waals surface area contributed by atoms with Gasteiger partial charge >= 0.3 is 0 Å². The molecule has 88 valence electrons. The Morgan fingerprint density at radius 2 is 2.13 bits per heavy atom. The Bertz CT molecular complexity index is 226. The summed E-state index contributed by atoms with van der Waals surface area (Å²) >= 11 is 0. The minimum atomic E-state index is 0.114. The Hall–Kier alpha value is -0.570. The molecule has 0 heterocycles. The Kier molecular flexibility index (Phi) is 4.14. The second kappa shape index (κ2) is 4.97. The number of rotatable bonds is 6. The van der Waals surface area contributed by atoms with Crippen LogP contribution in [0, 0.1) is 11.3 Å². The summed E-state index contributed by atoms with van der Waals surface area (Å²) in [5.74, 6) is 0.872. The monoisotopic (exact) mass is 212 g/mol. The third-order valence-corrected chi connectivity index (χ3v) is 3.41. The number of amides is 1. The van der Waals surface area contributed by atoms with Gasteiger partial charge in [0, 0.05) is 6.04 Å². The van der Waals surface area contributed by atoms with Crippen molar-refractivity contribution < 1.29 is 4.79 Å². The van der Waals surface area contributed by atoms with Crippen molar-refractivity contribution in [2.24, 2.45) is 11.3 Å². The van der Waals surface area contributed by atoms with E-state index < -0.39 is 0 Å². The molecule has 0 radical (unpaired) electrons. The lowest BCUT2D eigenvalue weighted by Crippen LogP contribution is -2.39. The summed E-state index contributed by atoms with van der Waals surface area (Å²) in [6, 6.07) is 0.289. The molecule has 1 fully saturated rings. The van der Waals surface area contributed by atoms with Crippen molar-refractivity contribution in [2.45, 2.75) is 46.6 Å². The summed E-state index contributed by atoms with van der Waals surface area (Å²) in [5, 5.41) is 6.16. The average Bonchev–Trinajstić information content (AvgIpc) is 2.74. The second-order valence-corrected chi connectivity index (χ2v) is 5.40. The molecule has 1 saturated carbocycles. The topological polar surface area (TPSA) is 41.1 Å². The molecular formula is C12H24N2O. The fraction of sp³-hybridized carbons (Fsp3) is 0.917. The number of hydrogen-bond acceptors (Lipinski definition) is 2. The van der Waals surface area contributed by atoms with Crippen LogP contribution in [0.2, 0.25) is 0 Å². The molecule has 2 atom stereocenters. The van der Waals surface area contributed by atoms with E-state index in [1.165, 1.54) is 6.42 Å². The van der Waals surface area contributed by atoms with Gasteiger partial charge in [-0.15, -0.1) is 0 Å². The highest BCUT2D eigenvalue weighted by atomic mass is 16.1. The highest BCUT2D eigenvalue weighted by molar-refractivity contribution is 5.78. The predicted molar refractivity (Wildman–Crippen MR) is 62.7 cm³/mol. The van der Waals surface area contributed by atoms with Gasteiger partial charge in [-0.3, -0.25) is 4.79 Å². The van der Waals surface area contributed by atoms with Crippen LogP contribution in [-0.2, 0) is 4.79 Å². The van der Waals surface area contributed by atoms with Crippen molar-refractivity contribution in [3.8, 4) is 0 Å². The van der Waals surface area contributed by atoms with E-state index in [1.807, 2.05) is 6.92 Å². The van der Waals surface area contributed by atoms with Gasteiger partial charge in [0.25, 0.3) is 0 Å². The molecule has 15 heavy (non-hydrogen) atoms. The first-order chi connectivity index (χ1) is 6.95. The van der Waals surface area contributed by atoms with Gasteiger partial charge in [0.15, 0.2) is 0 Å². The maximum absolute atomic E-state index is 11.4. The molecule has 0 spiro atoms. The summed E-state index contributed by atoms with van der Waals surface area (Å²) in [6.07, 6.45) is 2.27. The standard InChI is InChI=1S/C12H24N2O/c1-5-9(2)14-11(15)8-13-7-10-6-12(10,3)4/h9-10,13H,5-8H2,1-4H3,(H,14,15). The highest BCUT2D eigenvalue weighted by Gasteiger charge is 2.44. The van der Waals surface area contributed by atoms with E-state index in [4.69, 9.17) is 0 Å². The Morgan fingerprint density at radius 3 is 2.60 bits per heavy atom. The quantitative estimate of drug-likeness (QED) is 0.701. The molecule has 1 aliphatic carbocycles. The van der Waals surface area contributed by atoms with Crippen LogP contribution in [0.4, 0.5) is 0 Å². The number of carbonyl (C=O) groups excluding carboxylic acids is 1. The van der Waals surface area contributed by atoms with Crippen LogP contribution in [-0.4, -0.2) is 25.0 Å². The van der Waals surface area contributed by atoms with Crippen LogP contribution < -0.4 is 10.6 Å². The minimum absolute atomic E-state index is 0.114. The van der Waals surface area contributed by atoms with Crippen LogP contribution in [0.1, 0.15) is 40.5 Å². The molecule has 3 nitrogen and oxygen atoms in total. The SMILES string of the molecule is CCC(C)NC(=O)CNCC1CC1(C)C. The number of nitrogens with one attached hydrogen (secondary N) is 2. The molecule has 0 bridgehead atoms. The first-order valence-electron chi connectivity index (χ1n) is 5.95. The third kappa shape index (κ3) is 4.20. The van der Waals surface area contributed by atoms with E-state index in [0.717, 1.165) is 18.9 Å². The zero-order valence-corrected chi connectivity index (χ0v) is 10.4. The second-order valence-electron chi connectivity index (χ2n) is 5.40. The van der Waals surface area contributed by atoms with Gasteiger partial charge in [-0.2, -0.15) is 0 Å². The number of hydrogen-bond donors (Lipinski definition) is 2. The smallest absolute Gasteiger partial charge is 0.234 e. The molecule has 1 aliphatic rings. The molecule has 2 N–H and O–H groups in total. The molecule has 0 aromatic rings. The lowest BCUT2D eigenvalue weighted by atomic mass is 10.1. The van der Waals surface area contributed by atoms with Crippen molar-refractivity contribution in [2.75, 3.05) is 13.1 Å². The van der Waals surface area contributed by atoms with Crippen molar-refractivity contribution in [3.05, 3.63) is 0 Å². The molecule has 0 aromatic carbocycles. The summed E-state index contributed by atoms with van der Waals surface area (Å²) in [5.41, 5.74) is 0.500. The van der Waals surface area contributed by atoms with Crippen LogP contribution >= 0.6 is 0 Å². The molecule has 2 unspecified atom stereocenters. The van der Waals surface area contributed by atoms with Gasteiger partial charge in [0.05, 0.1) is 6.54 Å². The fourth-order valence-corrected chi connectivity index (χ4v) is 1.71. The van der Waals surface area contributed by atoms with Crippen molar-refractivity contribution in [3.63, 3.8) is 0 Å². The van der Waals surface area contributed by atoms with Crippen molar-refractivity contribution in [1.29, 1.82) is 0 Å². The van der Waals surface area contributed by atoms with Crippen LogP contribution in [0.3, 0.4) is 0 Å². The molecule has 0 saturated heterocycles. The Balaban J connectivity index is 2.03. The normalized spacial score (nSPS) is 24.7.